The summed E-state index contributed by atoms with van der Waals surface area (Å²) < 4.78 is 4.68. The minimum atomic E-state index is 0.280. The van der Waals surface area contributed by atoms with Gasteiger partial charge in [-0.05, 0) is 102 Å². The number of aromatic nitrogens is 4. The number of rotatable bonds is 7. The highest BCUT2D eigenvalue weighted by atomic mass is 15.0. The molecular formula is C62H34N8. The molecule has 3 heterocycles. The third-order valence-corrected chi connectivity index (χ3v) is 13.1. The van der Waals surface area contributed by atoms with E-state index in [0.717, 1.165) is 39.1 Å². The van der Waals surface area contributed by atoms with Gasteiger partial charge in [0, 0.05) is 55.2 Å². The van der Waals surface area contributed by atoms with E-state index in [4.69, 9.17) is 9.97 Å². The van der Waals surface area contributed by atoms with Crippen LogP contribution in [-0.2, 0) is 0 Å². The van der Waals surface area contributed by atoms with Crippen LogP contribution < -0.4 is 0 Å². The lowest BCUT2D eigenvalue weighted by atomic mass is 9.91. The van der Waals surface area contributed by atoms with Crippen LogP contribution in [0.3, 0.4) is 0 Å². The molecule has 9 aromatic carbocycles. The van der Waals surface area contributed by atoms with Gasteiger partial charge in [-0.15, -0.1) is 0 Å². The van der Waals surface area contributed by atoms with Crippen LogP contribution in [0.25, 0.3) is 111 Å². The molecule has 0 atom stereocenters. The van der Waals surface area contributed by atoms with E-state index in [1.165, 1.54) is 32.6 Å². The molecule has 0 amide bonds. The van der Waals surface area contributed by atoms with Crippen LogP contribution in [0.5, 0.6) is 0 Å². The highest BCUT2D eigenvalue weighted by Crippen LogP contribution is 2.39. The monoisotopic (exact) mass is 890 g/mol. The van der Waals surface area contributed by atoms with E-state index in [2.05, 4.69) is 149 Å². The average Bonchev–Trinajstić information content (AvgIpc) is 3.95. The molecule has 12 aromatic rings. The number of hydrogen-bond donors (Lipinski definition) is 0. The zero-order valence-electron chi connectivity index (χ0n) is 37.2. The maximum Gasteiger partial charge on any atom is 0.161 e. The molecule has 0 fully saturated rings. The Kier molecular flexibility index (Phi) is 9.86. The molecule has 0 aliphatic heterocycles. The molecule has 0 saturated heterocycles. The van der Waals surface area contributed by atoms with Crippen molar-refractivity contribution < 1.29 is 0 Å². The minimum absolute atomic E-state index is 0.280. The van der Waals surface area contributed by atoms with Gasteiger partial charge >= 0.3 is 0 Å². The molecule has 8 heteroatoms. The van der Waals surface area contributed by atoms with Crippen LogP contribution in [0.4, 0.5) is 0 Å². The summed E-state index contributed by atoms with van der Waals surface area (Å²) in [6, 6.07) is 77.5. The van der Waals surface area contributed by atoms with Crippen molar-refractivity contribution in [2.75, 3.05) is 0 Å². The Morgan fingerprint density at radius 2 is 0.743 bits per heavy atom. The molecule has 0 aliphatic rings. The minimum Gasteiger partial charge on any atom is -0.309 e. The van der Waals surface area contributed by atoms with Crippen LogP contribution in [0.1, 0.15) is 22.3 Å². The fourth-order valence-electron chi connectivity index (χ4n) is 9.92. The normalized spacial score (nSPS) is 11.1. The van der Waals surface area contributed by atoms with Crippen molar-refractivity contribution >= 4 is 43.6 Å². The third-order valence-electron chi connectivity index (χ3n) is 13.1. The van der Waals surface area contributed by atoms with E-state index in [1.54, 1.807) is 48.5 Å². The van der Waals surface area contributed by atoms with E-state index >= 15 is 0 Å². The van der Waals surface area contributed by atoms with Crippen LogP contribution in [-0.4, -0.2) is 19.1 Å². The second kappa shape index (κ2) is 16.8. The zero-order valence-corrected chi connectivity index (χ0v) is 37.2. The SMILES string of the molecule is N#Cc1ccccc1-c1cc(-c2cc(C#N)c(-c3ccc(-c4ccc(-n5c6ccccc6c6cc(-n7c8ccccc8c8ccccc87)ccc65)cc4)cc3)c(C#N)c2)nc(-c2ccccc2C#N)n1. The molecular weight excluding hydrogens is 857 g/mol. The first kappa shape index (κ1) is 41.1. The summed E-state index contributed by atoms with van der Waals surface area (Å²) >= 11 is 0. The molecule has 0 bridgehead atoms. The van der Waals surface area contributed by atoms with Crippen molar-refractivity contribution in [3.05, 3.63) is 229 Å². The largest absolute Gasteiger partial charge is 0.309 e. The van der Waals surface area contributed by atoms with E-state index in [1.807, 2.05) is 42.5 Å². The molecule has 8 nitrogen and oxygen atoms in total. The lowest BCUT2D eigenvalue weighted by Gasteiger charge is -2.14. The standard InChI is InChI=1S/C62H34N8/c63-35-42-11-1-3-13-49(42)56-34-55(67-62(68-56)50-14-4-2-12-43(50)36-64)44-31-45(37-65)61(46(32-44)38-66)41-23-21-39(22-24-41)40-25-27-47(28-26-40)69-59-20-10-7-17-53(59)54-33-48(29-30-60(54)69)70-57-18-8-5-15-51(57)52-16-6-9-19-58(52)70/h1-34H. The van der Waals surface area contributed by atoms with Gasteiger partial charge < -0.3 is 9.13 Å². The van der Waals surface area contributed by atoms with E-state index in [0.29, 0.717) is 55.9 Å². The van der Waals surface area contributed by atoms with Crippen molar-refractivity contribution in [1.82, 2.24) is 19.1 Å². The van der Waals surface area contributed by atoms with E-state index in [9.17, 15) is 21.0 Å². The van der Waals surface area contributed by atoms with Crippen molar-refractivity contribution in [3.8, 4) is 91.8 Å². The lowest BCUT2D eigenvalue weighted by Crippen LogP contribution is -1.99. The fraction of sp³-hybridized carbons (Fsp3) is 0. The third kappa shape index (κ3) is 6.73. The van der Waals surface area contributed by atoms with Gasteiger partial charge in [-0.25, -0.2) is 9.97 Å². The Labute approximate surface area is 402 Å². The molecule has 70 heavy (non-hydrogen) atoms. The maximum atomic E-state index is 10.6. The Hall–Kier alpha value is -10.4. The van der Waals surface area contributed by atoms with E-state index < -0.39 is 0 Å². The number of para-hydroxylation sites is 3. The Balaban J connectivity index is 0.888. The summed E-state index contributed by atoms with van der Waals surface area (Å²) in [6.07, 6.45) is 0. The zero-order chi connectivity index (χ0) is 47.3. The average molecular weight is 891 g/mol. The first-order valence-corrected chi connectivity index (χ1v) is 22.6. The Morgan fingerprint density at radius 3 is 1.33 bits per heavy atom. The Morgan fingerprint density at radius 1 is 0.314 bits per heavy atom. The summed E-state index contributed by atoms with van der Waals surface area (Å²) in [6.45, 7) is 0. The van der Waals surface area contributed by atoms with Crippen LogP contribution >= 0.6 is 0 Å². The van der Waals surface area contributed by atoms with Gasteiger partial charge in [-0.1, -0.05) is 121 Å². The number of hydrogen-bond acceptors (Lipinski definition) is 6. The van der Waals surface area contributed by atoms with Crippen molar-refractivity contribution in [2.45, 2.75) is 0 Å². The van der Waals surface area contributed by atoms with Crippen molar-refractivity contribution in [3.63, 3.8) is 0 Å². The second-order valence-corrected chi connectivity index (χ2v) is 17.0. The number of benzene rings is 9. The van der Waals surface area contributed by atoms with Gasteiger partial charge in [0.2, 0.25) is 0 Å². The summed E-state index contributed by atoms with van der Waals surface area (Å²) in [7, 11) is 0. The smallest absolute Gasteiger partial charge is 0.161 e. The number of nitrogens with zero attached hydrogens (tertiary/aromatic N) is 8. The first-order chi connectivity index (χ1) is 34.5. The molecule has 0 spiro atoms. The molecule has 0 aliphatic carbocycles. The first-order valence-electron chi connectivity index (χ1n) is 22.6. The summed E-state index contributed by atoms with van der Waals surface area (Å²) in [5.74, 6) is 0.280. The van der Waals surface area contributed by atoms with Crippen LogP contribution in [0, 0.1) is 45.3 Å². The topological polar surface area (TPSA) is 131 Å². The van der Waals surface area contributed by atoms with Gasteiger partial charge in [0.05, 0.1) is 80.0 Å². The number of nitriles is 4. The summed E-state index contributed by atoms with van der Waals surface area (Å²) in [5, 5.41) is 45.9. The lowest BCUT2D eigenvalue weighted by molar-refractivity contribution is 1.17. The van der Waals surface area contributed by atoms with Gasteiger partial charge in [-0.3, -0.25) is 0 Å². The predicted molar refractivity (Wildman–Crippen MR) is 277 cm³/mol. The van der Waals surface area contributed by atoms with Gasteiger partial charge in [0.25, 0.3) is 0 Å². The second-order valence-electron chi connectivity index (χ2n) is 17.0. The molecule has 3 aromatic heterocycles. The van der Waals surface area contributed by atoms with Crippen molar-refractivity contribution in [2.24, 2.45) is 0 Å². The quantitative estimate of drug-likeness (QED) is 0.157. The van der Waals surface area contributed by atoms with E-state index in [-0.39, 0.29) is 5.82 Å². The maximum absolute atomic E-state index is 10.6. The molecule has 12 rings (SSSR count). The molecule has 0 unspecified atom stereocenters. The van der Waals surface area contributed by atoms with Gasteiger partial charge in [0.1, 0.15) is 0 Å². The highest BCUT2D eigenvalue weighted by molar-refractivity contribution is 6.12. The fourth-order valence-corrected chi connectivity index (χ4v) is 9.92. The van der Waals surface area contributed by atoms with Gasteiger partial charge in [0.15, 0.2) is 5.82 Å². The van der Waals surface area contributed by atoms with Crippen LogP contribution in [0.15, 0.2) is 206 Å². The van der Waals surface area contributed by atoms with Gasteiger partial charge in [-0.2, -0.15) is 21.0 Å². The molecule has 0 N–H and O–H groups in total. The highest BCUT2D eigenvalue weighted by Gasteiger charge is 2.20. The summed E-state index contributed by atoms with van der Waals surface area (Å²) in [5.41, 5.74) is 13.9. The predicted octanol–water partition coefficient (Wildman–Crippen LogP) is 14.5. The molecule has 0 saturated carbocycles. The number of fused-ring (bicyclic) bond motifs is 6. The van der Waals surface area contributed by atoms with Crippen LogP contribution in [0.2, 0.25) is 0 Å². The van der Waals surface area contributed by atoms with Crippen molar-refractivity contribution in [1.29, 1.82) is 21.0 Å². The molecule has 0 radical (unpaired) electrons. The Bertz CT molecular complexity index is 4120. The molecule has 322 valence electrons. The summed E-state index contributed by atoms with van der Waals surface area (Å²) in [4.78, 5) is 9.70.